The summed E-state index contributed by atoms with van der Waals surface area (Å²) in [6.45, 7) is 6.12. The molecule has 0 saturated heterocycles. The van der Waals surface area contributed by atoms with Gasteiger partial charge in [0, 0.05) is 29.7 Å². The molecule has 0 aliphatic rings. The fraction of sp³-hybridized carbons (Fsp3) is 0.182. The van der Waals surface area contributed by atoms with Gasteiger partial charge in [0.2, 0.25) is 16.8 Å². The molecule has 3 nitrogen and oxygen atoms in total. The predicted molar refractivity (Wildman–Crippen MR) is 101 cm³/mol. The lowest BCUT2D eigenvalue weighted by Crippen LogP contribution is -3.00. The molecule has 140 valence electrons. The number of aryl methyl sites for hydroxylation is 2. The summed E-state index contributed by atoms with van der Waals surface area (Å²) in [5.74, 6) is 0.875. The average molecular weight is 584 g/mol. The van der Waals surface area contributed by atoms with Crippen LogP contribution in [-0.2, 0) is 13.1 Å². The van der Waals surface area contributed by atoms with E-state index in [0.717, 1.165) is 30.1 Å². The lowest BCUT2D eigenvalue weighted by atomic mass is 10.2. The van der Waals surface area contributed by atoms with Gasteiger partial charge in [-0.15, -0.1) is 0 Å². The minimum absolute atomic E-state index is 0. The molecule has 0 aliphatic carbocycles. The molecule has 2 heterocycles. The molecule has 2 aromatic carbocycles. The van der Waals surface area contributed by atoms with E-state index in [2.05, 4.69) is 77.6 Å². The van der Waals surface area contributed by atoms with E-state index in [9.17, 15) is 0 Å². The summed E-state index contributed by atoms with van der Waals surface area (Å²) in [6, 6.07) is 21.0. The third-order valence-corrected chi connectivity index (χ3v) is 4.64. The number of nitrogens with zero attached hydrogens (tertiary/aromatic N) is 2. The predicted octanol–water partition coefficient (Wildman–Crippen LogP) is -1.62. The van der Waals surface area contributed by atoms with Gasteiger partial charge in [-0.25, -0.2) is 0 Å². The Bertz CT molecular complexity index is 1090. The van der Waals surface area contributed by atoms with Crippen molar-refractivity contribution in [3.05, 3.63) is 72.2 Å². The third kappa shape index (κ3) is 4.18. The summed E-state index contributed by atoms with van der Waals surface area (Å²) in [7, 11) is 0. The fourth-order valence-electron chi connectivity index (χ4n) is 3.44. The van der Waals surface area contributed by atoms with Crippen LogP contribution in [0.25, 0.3) is 34.2 Å². The van der Waals surface area contributed by atoms with Crippen LogP contribution in [0.1, 0.15) is 25.4 Å². The highest BCUT2D eigenvalue weighted by molar-refractivity contribution is 5.77. The number of hydrogen-bond acceptors (Lipinski definition) is 1. The number of rotatable bonds is 4. The lowest BCUT2D eigenvalue weighted by Gasteiger charge is -2.02. The van der Waals surface area contributed by atoms with E-state index < -0.39 is 0 Å². The van der Waals surface area contributed by atoms with Crippen LogP contribution >= 0.6 is 0 Å². The zero-order valence-corrected chi connectivity index (χ0v) is 19.7. The molecule has 0 spiro atoms. The topological polar surface area (TPSA) is 20.9 Å². The molecule has 4 aromatic rings. The number of aromatic nitrogens is 2. The maximum absolute atomic E-state index is 6.04. The molecule has 27 heavy (non-hydrogen) atoms. The van der Waals surface area contributed by atoms with Crippen molar-refractivity contribution in [3.8, 4) is 0 Å². The minimum atomic E-state index is 0. The first kappa shape index (κ1) is 21.8. The maximum atomic E-state index is 6.04. The van der Waals surface area contributed by atoms with Gasteiger partial charge in [0.15, 0.2) is 0 Å². The molecule has 0 aliphatic heterocycles. The van der Waals surface area contributed by atoms with Crippen LogP contribution in [0.2, 0.25) is 0 Å². The highest BCUT2D eigenvalue weighted by Gasteiger charge is 2.19. The Morgan fingerprint density at radius 3 is 2.15 bits per heavy atom. The molecule has 0 amide bonds. The second-order valence-electron chi connectivity index (χ2n) is 6.05. The van der Waals surface area contributed by atoms with Gasteiger partial charge in [-0.1, -0.05) is 24.3 Å². The van der Waals surface area contributed by atoms with Crippen molar-refractivity contribution in [1.29, 1.82) is 0 Å². The van der Waals surface area contributed by atoms with E-state index in [0.29, 0.717) is 0 Å². The molecule has 0 bridgehead atoms. The molecule has 0 unspecified atom stereocenters. The number of pyridine rings is 1. The first-order valence-corrected chi connectivity index (χ1v) is 8.83. The standard InChI is InChI=1S/C22H22N2O.2HI/c1-3-23-18(14-13-17-9-5-6-10-19(17)23)15-16-22-24(4-2)20-11-7-8-12-21(20)25-22;;/h5-16H,3-4H2,1-2H3;2*1H/q+2;;/p-2. The highest BCUT2D eigenvalue weighted by atomic mass is 127. The number of benzene rings is 2. The van der Waals surface area contributed by atoms with E-state index in [1.165, 1.54) is 16.6 Å². The average Bonchev–Trinajstić information content (AvgIpc) is 3.03. The Kier molecular flexibility index (Phi) is 7.79. The van der Waals surface area contributed by atoms with Crippen molar-refractivity contribution < 1.29 is 61.5 Å². The Morgan fingerprint density at radius 1 is 0.741 bits per heavy atom. The Hall–Kier alpha value is -1.48. The fourth-order valence-corrected chi connectivity index (χ4v) is 3.44. The summed E-state index contributed by atoms with van der Waals surface area (Å²) >= 11 is 0. The van der Waals surface area contributed by atoms with Gasteiger partial charge in [0.1, 0.15) is 13.1 Å². The highest BCUT2D eigenvalue weighted by Crippen LogP contribution is 2.16. The van der Waals surface area contributed by atoms with Crippen molar-refractivity contribution in [2.24, 2.45) is 0 Å². The molecule has 5 heteroatoms. The quantitative estimate of drug-likeness (QED) is 0.209. The number of hydrogen-bond donors (Lipinski definition) is 0. The van der Waals surface area contributed by atoms with Crippen molar-refractivity contribution in [1.82, 2.24) is 0 Å². The molecule has 0 fully saturated rings. The van der Waals surface area contributed by atoms with Gasteiger partial charge in [0.25, 0.3) is 5.52 Å². The Morgan fingerprint density at radius 2 is 1.41 bits per heavy atom. The van der Waals surface area contributed by atoms with E-state index in [1.807, 2.05) is 18.2 Å². The van der Waals surface area contributed by atoms with Gasteiger partial charge in [0.05, 0.1) is 6.08 Å². The van der Waals surface area contributed by atoms with Crippen LogP contribution < -0.4 is 57.1 Å². The van der Waals surface area contributed by atoms with Crippen LogP contribution in [0.4, 0.5) is 0 Å². The number of fused-ring (bicyclic) bond motifs is 2. The smallest absolute Gasteiger partial charge is 0.374 e. The van der Waals surface area contributed by atoms with E-state index >= 15 is 0 Å². The van der Waals surface area contributed by atoms with Crippen LogP contribution in [0.15, 0.2) is 65.1 Å². The second kappa shape index (κ2) is 9.64. The summed E-state index contributed by atoms with van der Waals surface area (Å²) in [5, 5.41) is 1.26. The van der Waals surface area contributed by atoms with Crippen molar-refractivity contribution in [2.45, 2.75) is 26.9 Å². The molecule has 0 saturated carbocycles. The molecular weight excluding hydrogens is 562 g/mol. The second-order valence-corrected chi connectivity index (χ2v) is 6.05. The third-order valence-electron chi connectivity index (χ3n) is 4.64. The van der Waals surface area contributed by atoms with E-state index in [-0.39, 0.29) is 48.0 Å². The van der Waals surface area contributed by atoms with Gasteiger partial charge in [-0.2, -0.15) is 9.13 Å². The summed E-state index contributed by atoms with van der Waals surface area (Å²) < 4.78 is 10.6. The van der Waals surface area contributed by atoms with Crippen molar-refractivity contribution >= 4 is 34.2 Å². The first-order valence-electron chi connectivity index (χ1n) is 8.83. The van der Waals surface area contributed by atoms with Gasteiger partial charge in [-0.3, -0.25) is 0 Å². The minimum Gasteiger partial charge on any atom is -1.00 e. The molecule has 0 N–H and O–H groups in total. The van der Waals surface area contributed by atoms with Gasteiger partial charge >= 0.3 is 5.89 Å². The van der Waals surface area contributed by atoms with Crippen LogP contribution in [0, 0.1) is 0 Å². The molecule has 2 aromatic heterocycles. The molecule has 4 rings (SSSR count). The molecule has 0 radical (unpaired) electrons. The number of oxazole rings is 1. The summed E-state index contributed by atoms with van der Waals surface area (Å²) in [5.41, 5.74) is 4.47. The van der Waals surface area contributed by atoms with Crippen molar-refractivity contribution in [3.63, 3.8) is 0 Å². The lowest BCUT2D eigenvalue weighted by molar-refractivity contribution is -0.674. The van der Waals surface area contributed by atoms with E-state index in [4.69, 9.17) is 4.42 Å². The largest absolute Gasteiger partial charge is 1.00 e. The molecular formula is C22H22I2N2O. The number of halogens is 2. The summed E-state index contributed by atoms with van der Waals surface area (Å²) in [4.78, 5) is 0. The van der Waals surface area contributed by atoms with Crippen molar-refractivity contribution in [2.75, 3.05) is 0 Å². The maximum Gasteiger partial charge on any atom is 0.374 e. The SMILES string of the molecule is CC[n+]1c(C=Cc2oc3ccccc3[n+]2CC)ccc2ccccc21.[I-].[I-]. The van der Waals surface area contributed by atoms with Crippen LogP contribution in [0.3, 0.4) is 0 Å². The van der Waals surface area contributed by atoms with Crippen LogP contribution in [0.5, 0.6) is 0 Å². The monoisotopic (exact) mass is 584 g/mol. The van der Waals surface area contributed by atoms with E-state index in [1.54, 1.807) is 0 Å². The van der Waals surface area contributed by atoms with Gasteiger partial charge in [-0.05, 0) is 32.0 Å². The Balaban J connectivity index is 0.00000131. The zero-order valence-electron chi connectivity index (χ0n) is 15.4. The normalized spacial score (nSPS) is 10.9. The first-order chi connectivity index (χ1) is 12.3. The van der Waals surface area contributed by atoms with Crippen LogP contribution in [-0.4, -0.2) is 0 Å². The Labute approximate surface area is 193 Å². The van der Waals surface area contributed by atoms with Gasteiger partial charge < -0.3 is 52.4 Å². The summed E-state index contributed by atoms with van der Waals surface area (Å²) in [6.07, 6.45) is 4.21. The number of para-hydroxylation sites is 3. The molecule has 0 atom stereocenters. The zero-order chi connectivity index (χ0) is 17.2.